The zero-order chi connectivity index (χ0) is 19.7. The van der Waals surface area contributed by atoms with E-state index in [0.717, 1.165) is 23.0 Å². The smallest absolute Gasteiger partial charge is 0.351 e. The highest BCUT2D eigenvalue weighted by Crippen LogP contribution is 2.34. The normalized spacial score (nSPS) is 13.6. The van der Waals surface area contributed by atoms with Gasteiger partial charge in [-0.15, -0.1) is 11.3 Å². The highest BCUT2D eigenvalue weighted by atomic mass is 32.2. The standard InChI is InChI=1S/C17H15F3N2O3S2/c1-11(12-5-3-2-4-6-12)9-21-27(23,24)16-7-13(10-26-16)14-8-15(25-22-14)17(18,19)20/h2-8,10-11,21H,9H2,1H3/t11-/m1/s1. The van der Waals surface area contributed by atoms with Crippen LogP contribution in [0.25, 0.3) is 11.3 Å². The van der Waals surface area contributed by atoms with Gasteiger partial charge in [-0.3, -0.25) is 0 Å². The molecular weight excluding hydrogens is 401 g/mol. The highest BCUT2D eigenvalue weighted by molar-refractivity contribution is 7.91. The molecule has 0 bridgehead atoms. The van der Waals surface area contributed by atoms with Gasteiger partial charge in [0.1, 0.15) is 9.90 Å². The van der Waals surface area contributed by atoms with Gasteiger partial charge in [-0.2, -0.15) is 13.2 Å². The number of sulfonamides is 1. The Labute approximate surface area is 157 Å². The van der Waals surface area contributed by atoms with Gasteiger partial charge >= 0.3 is 6.18 Å². The van der Waals surface area contributed by atoms with E-state index in [-0.39, 0.29) is 27.9 Å². The van der Waals surface area contributed by atoms with Crippen molar-refractivity contribution < 1.29 is 26.1 Å². The summed E-state index contributed by atoms with van der Waals surface area (Å²) in [5, 5.41) is 4.78. The van der Waals surface area contributed by atoms with Crippen molar-refractivity contribution in [3.63, 3.8) is 0 Å². The zero-order valence-corrected chi connectivity index (χ0v) is 15.7. The Balaban J connectivity index is 1.72. The molecule has 0 saturated heterocycles. The predicted molar refractivity (Wildman–Crippen MR) is 94.9 cm³/mol. The number of thiophene rings is 1. The van der Waals surface area contributed by atoms with Crippen molar-refractivity contribution in [2.75, 3.05) is 6.54 Å². The van der Waals surface area contributed by atoms with Crippen LogP contribution in [0, 0.1) is 0 Å². The minimum atomic E-state index is -4.65. The molecule has 0 saturated carbocycles. The molecule has 0 aliphatic heterocycles. The highest BCUT2D eigenvalue weighted by Gasteiger charge is 2.36. The van der Waals surface area contributed by atoms with Crippen molar-refractivity contribution in [2.45, 2.75) is 23.2 Å². The minimum Gasteiger partial charge on any atom is -0.351 e. The molecule has 3 rings (SSSR count). The maximum absolute atomic E-state index is 12.6. The number of benzene rings is 1. The average molecular weight is 416 g/mol. The summed E-state index contributed by atoms with van der Waals surface area (Å²) < 4.78 is 69.5. The summed E-state index contributed by atoms with van der Waals surface area (Å²) in [5.74, 6) is -1.27. The van der Waals surface area contributed by atoms with Gasteiger partial charge in [-0.1, -0.05) is 42.4 Å². The fourth-order valence-corrected chi connectivity index (χ4v) is 4.69. The molecule has 0 unspecified atom stereocenters. The number of alkyl halides is 3. The molecule has 2 heterocycles. The third kappa shape index (κ3) is 4.57. The van der Waals surface area contributed by atoms with Crippen molar-refractivity contribution >= 4 is 21.4 Å². The molecule has 0 aliphatic rings. The van der Waals surface area contributed by atoms with Crippen molar-refractivity contribution in [1.82, 2.24) is 9.88 Å². The van der Waals surface area contributed by atoms with Crippen LogP contribution in [0.4, 0.5) is 13.2 Å². The second-order valence-corrected chi connectivity index (χ2v) is 8.80. The van der Waals surface area contributed by atoms with Gasteiger partial charge in [0.05, 0.1) is 0 Å². The summed E-state index contributed by atoms with van der Waals surface area (Å²) in [7, 11) is -3.78. The van der Waals surface area contributed by atoms with Crippen molar-refractivity contribution in [3.05, 3.63) is 59.2 Å². The first-order chi connectivity index (χ1) is 12.7. The number of rotatable bonds is 6. The fourth-order valence-electron chi connectivity index (χ4n) is 2.34. The Morgan fingerprint density at radius 1 is 1.22 bits per heavy atom. The Bertz CT molecular complexity index is 1010. The fraction of sp³-hybridized carbons (Fsp3) is 0.235. The lowest BCUT2D eigenvalue weighted by atomic mass is 10.0. The lowest BCUT2D eigenvalue weighted by Gasteiger charge is -2.12. The zero-order valence-electron chi connectivity index (χ0n) is 14.0. The predicted octanol–water partition coefficient (Wildman–Crippen LogP) is 4.50. The Morgan fingerprint density at radius 3 is 2.56 bits per heavy atom. The van der Waals surface area contributed by atoms with E-state index in [1.165, 1.54) is 11.4 Å². The van der Waals surface area contributed by atoms with Gasteiger partial charge in [0.25, 0.3) is 0 Å². The maximum atomic E-state index is 12.6. The number of aromatic nitrogens is 1. The van der Waals surface area contributed by atoms with Gasteiger partial charge < -0.3 is 4.52 Å². The average Bonchev–Trinajstić information content (AvgIpc) is 3.29. The van der Waals surface area contributed by atoms with Gasteiger partial charge in [-0.25, -0.2) is 13.1 Å². The van der Waals surface area contributed by atoms with Crippen LogP contribution in [0.3, 0.4) is 0 Å². The third-order valence-electron chi connectivity index (χ3n) is 3.87. The first-order valence-electron chi connectivity index (χ1n) is 7.84. The van der Waals surface area contributed by atoms with E-state index in [1.54, 1.807) is 0 Å². The van der Waals surface area contributed by atoms with E-state index in [2.05, 4.69) is 14.4 Å². The van der Waals surface area contributed by atoms with Gasteiger partial charge in [0, 0.05) is 23.6 Å². The third-order valence-corrected chi connectivity index (χ3v) is 6.74. The lowest BCUT2D eigenvalue weighted by molar-refractivity contribution is -0.155. The first kappa shape index (κ1) is 19.6. The Morgan fingerprint density at radius 2 is 1.93 bits per heavy atom. The molecule has 1 N–H and O–H groups in total. The van der Waals surface area contributed by atoms with Crippen LogP contribution in [-0.4, -0.2) is 20.1 Å². The number of hydrogen-bond acceptors (Lipinski definition) is 5. The van der Waals surface area contributed by atoms with E-state index in [4.69, 9.17) is 0 Å². The SMILES string of the molecule is C[C@H](CNS(=O)(=O)c1cc(-c2cc(C(F)(F)F)on2)cs1)c1ccccc1. The van der Waals surface area contributed by atoms with Gasteiger partial charge in [0.15, 0.2) is 0 Å². The molecule has 0 spiro atoms. The molecule has 3 aromatic rings. The van der Waals surface area contributed by atoms with Crippen LogP contribution >= 0.6 is 11.3 Å². The van der Waals surface area contributed by atoms with Crippen molar-refractivity contribution in [3.8, 4) is 11.3 Å². The molecule has 1 atom stereocenters. The largest absolute Gasteiger partial charge is 0.452 e. The van der Waals surface area contributed by atoms with Crippen LogP contribution in [-0.2, 0) is 16.2 Å². The van der Waals surface area contributed by atoms with E-state index < -0.39 is 22.0 Å². The van der Waals surface area contributed by atoms with Crippen LogP contribution in [0.15, 0.2) is 56.6 Å². The Hall–Kier alpha value is -2.17. The molecule has 0 fully saturated rings. The minimum absolute atomic E-state index is 0.00526. The monoisotopic (exact) mass is 416 g/mol. The number of nitrogens with one attached hydrogen (secondary N) is 1. The summed E-state index contributed by atoms with van der Waals surface area (Å²) in [6.07, 6.45) is -4.65. The van der Waals surface area contributed by atoms with E-state index in [0.29, 0.717) is 0 Å². The summed E-state index contributed by atoms with van der Waals surface area (Å²) >= 11 is 0.902. The van der Waals surface area contributed by atoms with Gasteiger partial charge in [-0.05, 0) is 17.5 Å². The van der Waals surface area contributed by atoms with Gasteiger partial charge in [0.2, 0.25) is 15.8 Å². The number of nitrogens with zero attached hydrogens (tertiary/aromatic N) is 1. The molecule has 5 nitrogen and oxygen atoms in total. The molecule has 144 valence electrons. The van der Waals surface area contributed by atoms with Crippen molar-refractivity contribution in [2.24, 2.45) is 0 Å². The quantitative estimate of drug-likeness (QED) is 0.642. The number of hydrogen-bond donors (Lipinski definition) is 1. The summed E-state index contributed by atoms with van der Waals surface area (Å²) in [5.41, 5.74) is 1.17. The molecule has 1 aromatic carbocycles. The Kier molecular flexibility index (Phi) is 5.41. The summed E-state index contributed by atoms with van der Waals surface area (Å²) in [4.78, 5) is 0. The first-order valence-corrected chi connectivity index (χ1v) is 10.2. The lowest BCUT2D eigenvalue weighted by Crippen LogP contribution is -2.27. The van der Waals surface area contributed by atoms with E-state index in [9.17, 15) is 21.6 Å². The second kappa shape index (κ2) is 7.45. The topological polar surface area (TPSA) is 72.2 Å². The second-order valence-electron chi connectivity index (χ2n) is 5.89. The van der Waals surface area contributed by atoms with E-state index in [1.807, 2.05) is 37.3 Å². The number of halogens is 3. The molecule has 0 aliphatic carbocycles. The molecule has 0 amide bonds. The van der Waals surface area contributed by atoms with Crippen molar-refractivity contribution in [1.29, 1.82) is 0 Å². The molecular formula is C17H15F3N2O3S2. The van der Waals surface area contributed by atoms with Crippen LogP contribution in [0.2, 0.25) is 0 Å². The van der Waals surface area contributed by atoms with Crippen LogP contribution < -0.4 is 4.72 Å². The summed E-state index contributed by atoms with van der Waals surface area (Å²) in [6, 6.07) is 11.5. The van der Waals surface area contributed by atoms with Crippen LogP contribution in [0.5, 0.6) is 0 Å². The summed E-state index contributed by atoms with van der Waals surface area (Å²) in [6.45, 7) is 2.09. The van der Waals surface area contributed by atoms with Crippen LogP contribution in [0.1, 0.15) is 24.2 Å². The maximum Gasteiger partial charge on any atom is 0.452 e. The molecule has 27 heavy (non-hydrogen) atoms. The molecule has 0 radical (unpaired) electrons. The van der Waals surface area contributed by atoms with E-state index >= 15 is 0 Å². The molecule has 2 aromatic heterocycles. The molecule has 10 heteroatoms.